The zero-order chi connectivity index (χ0) is 22.1. The molecule has 0 atom stereocenters. The highest BCUT2D eigenvalue weighted by atomic mass is 19.3. The van der Waals surface area contributed by atoms with E-state index in [1.165, 1.54) is 42.6 Å². The molecule has 31 heavy (non-hydrogen) atoms. The minimum atomic E-state index is -2.87. The van der Waals surface area contributed by atoms with Gasteiger partial charge < -0.3 is 14.8 Å². The highest BCUT2D eigenvalue weighted by molar-refractivity contribution is 5.91. The highest BCUT2D eigenvalue weighted by Crippen LogP contribution is 2.24. The molecule has 2 aromatic carbocycles. The Morgan fingerprint density at radius 3 is 2.58 bits per heavy atom. The van der Waals surface area contributed by atoms with Crippen LogP contribution in [0.2, 0.25) is 0 Å². The average Bonchev–Trinajstić information content (AvgIpc) is 2.75. The Bertz CT molecular complexity index is 1030. The van der Waals surface area contributed by atoms with Crippen LogP contribution in [0.15, 0.2) is 73.1 Å². The molecular weight excluding hydrogens is 409 g/mol. The fourth-order valence-corrected chi connectivity index (χ4v) is 2.64. The van der Waals surface area contributed by atoms with Gasteiger partial charge in [-0.05, 0) is 60.0 Å². The summed E-state index contributed by atoms with van der Waals surface area (Å²) in [5, 5.41) is 2.70. The molecule has 0 radical (unpaired) electrons. The first-order chi connectivity index (χ1) is 15.0. The summed E-state index contributed by atoms with van der Waals surface area (Å²) in [7, 11) is 0. The molecule has 0 saturated carbocycles. The summed E-state index contributed by atoms with van der Waals surface area (Å²) in [4.78, 5) is 15.8. The van der Waals surface area contributed by atoms with Gasteiger partial charge in [-0.15, -0.1) is 0 Å². The van der Waals surface area contributed by atoms with Crippen molar-refractivity contribution in [2.75, 3.05) is 6.54 Å². The van der Waals surface area contributed by atoms with Crippen molar-refractivity contribution in [2.45, 2.75) is 13.0 Å². The van der Waals surface area contributed by atoms with Crippen LogP contribution < -0.4 is 14.8 Å². The van der Waals surface area contributed by atoms with E-state index in [0.29, 0.717) is 24.3 Å². The summed E-state index contributed by atoms with van der Waals surface area (Å²) in [6, 6.07) is 13.9. The van der Waals surface area contributed by atoms with Crippen molar-refractivity contribution in [3.63, 3.8) is 0 Å². The van der Waals surface area contributed by atoms with E-state index in [4.69, 9.17) is 4.74 Å². The summed E-state index contributed by atoms with van der Waals surface area (Å²) >= 11 is 0. The fourth-order valence-electron chi connectivity index (χ4n) is 2.64. The molecular formula is C23H19F3N2O3. The number of nitrogens with zero attached hydrogens (tertiary/aromatic N) is 1. The lowest BCUT2D eigenvalue weighted by atomic mass is 10.1. The number of carbonyl (C=O) groups excluding carboxylic acids is 1. The molecule has 0 aliphatic carbocycles. The predicted molar refractivity (Wildman–Crippen MR) is 110 cm³/mol. The second kappa shape index (κ2) is 10.8. The molecule has 0 aliphatic heterocycles. The quantitative estimate of drug-likeness (QED) is 0.488. The van der Waals surface area contributed by atoms with Crippen molar-refractivity contribution >= 4 is 12.0 Å². The van der Waals surface area contributed by atoms with Gasteiger partial charge in [-0.25, -0.2) is 4.39 Å². The van der Waals surface area contributed by atoms with Crippen molar-refractivity contribution in [1.29, 1.82) is 0 Å². The molecule has 1 heterocycles. The molecule has 1 N–H and O–H groups in total. The Hall–Kier alpha value is -3.81. The van der Waals surface area contributed by atoms with Gasteiger partial charge in [0.15, 0.2) is 11.6 Å². The van der Waals surface area contributed by atoms with Crippen LogP contribution in [0.5, 0.6) is 17.2 Å². The number of halogens is 3. The van der Waals surface area contributed by atoms with Crippen molar-refractivity contribution in [1.82, 2.24) is 10.3 Å². The van der Waals surface area contributed by atoms with Gasteiger partial charge in [0, 0.05) is 18.8 Å². The minimum absolute atomic E-state index is 0.0552. The number of nitrogens with one attached hydrogen (secondary N) is 1. The van der Waals surface area contributed by atoms with Crippen LogP contribution in [0.4, 0.5) is 13.2 Å². The first-order valence-electron chi connectivity index (χ1n) is 9.37. The monoisotopic (exact) mass is 428 g/mol. The fraction of sp³-hybridized carbons (Fsp3) is 0.130. The van der Waals surface area contributed by atoms with Gasteiger partial charge in [0.1, 0.15) is 11.5 Å². The summed E-state index contributed by atoms with van der Waals surface area (Å²) in [6.45, 7) is -2.51. The maximum atomic E-state index is 14.2. The summed E-state index contributed by atoms with van der Waals surface area (Å²) < 4.78 is 48.2. The van der Waals surface area contributed by atoms with Gasteiger partial charge in [0.25, 0.3) is 0 Å². The first-order valence-corrected chi connectivity index (χ1v) is 9.37. The van der Waals surface area contributed by atoms with Gasteiger partial charge in [-0.1, -0.05) is 18.2 Å². The number of hydrogen-bond acceptors (Lipinski definition) is 4. The van der Waals surface area contributed by atoms with E-state index in [9.17, 15) is 18.0 Å². The zero-order valence-electron chi connectivity index (χ0n) is 16.3. The van der Waals surface area contributed by atoms with E-state index in [2.05, 4.69) is 15.0 Å². The highest BCUT2D eigenvalue weighted by Gasteiger charge is 2.06. The Morgan fingerprint density at radius 2 is 1.90 bits per heavy atom. The Labute approximate surface area is 177 Å². The third-order valence-electron chi connectivity index (χ3n) is 4.11. The van der Waals surface area contributed by atoms with Crippen LogP contribution in [0.25, 0.3) is 6.08 Å². The van der Waals surface area contributed by atoms with E-state index < -0.39 is 12.4 Å². The maximum absolute atomic E-state index is 14.2. The molecule has 0 bridgehead atoms. The van der Waals surface area contributed by atoms with Crippen molar-refractivity contribution in [3.8, 4) is 17.2 Å². The molecule has 3 aromatic rings. The maximum Gasteiger partial charge on any atom is 0.387 e. The molecule has 0 aliphatic rings. The van der Waals surface area contributed by atoms with Crippen molar-refractivity contribution in [3.05, 3.63) is 90.0 Å². The second-order valence-electron chi connectivity index (χ2n) is 6.38. The van der Waals surface area contributed by atoms with Crippen LogP contribution in [-0.4, -0.2) is 24.0 Å². The number of hydrogen-bond donors (Lipinski definition) is 1. The molecule has 1 aromatic heterocycles. The first kappa shape index (κ1) is 21.9. The summed E-state index contributed by atoms with van der Waals surface area (Å²) in [6.07, 6.45) is 6.37. The van der Waals surface area contributed by atoms with Crippen LogP contribution in [0, 0.1) is 5.82 Å². The van der Waals surface area contributed by atoms with E-state index in [-0.39, 0.29) is 17.4 Å². The number of alkyl halides is 2. The molecule has 0 saturated heterocycles. The van der Waals surface area contributed by atoms with Crippen molar-refractivity contribution < 1.29 is 27.4 Å². The Kier molecular flexibility index (Phi) is 7.64. The minimum Gasteiger partial charge on any atom is -0.453 e. The summed E-state index contributed by atoms with van der Waals surface area (Å²) in [5.74, 6) is -0.353. The Morgan fingerprint density at radius 1 is 1.10 bits per heavy atom. The van der Waals surface area contributed by atoms with E-state index in [0.717, 1.165) is 5.56 Å². The number of rotatable bonds is 9. The third kappa shape index (κ3) is 7.18. The standard InChI is InChI=1S/C23H19F3N2O3/c24-20-14-17(5-9-21(20)30-19-2-1-12-27-15-19)6-10-22(29)28-13-11-16-3-7-18(8-4-16)31-23(25)26/h1-10,12,14-15,23H,11,13H2,(H,28,29)/b10-6+. The number of ether oxygens (including phenoxy) is 2. The molecule has 0 unspecified atom stereocenters. The molecule has 0 fully saturated rings. The number of amides is 1. The lowest BCUT2D eigenvalue weighted by Crippen LogP contribution is -2.23. The number of aromatic nitrogens is 1. The topological polar surface area (TPSA) is 60.5 Å². The third-order valence-corrected chi connectivity index (χ3v) is 4.11. The van der Waals surface area contributed by atoms with Crippen LogP contribution in [-0.2, 0) is 11.2 Å². The molecule has 3 rings (SSSR count). The van der Waals surface area contributed by atoms with Gasteiger partial charge >= 0.3 is 6.61 Å². The van der Waals surface area contributed by atoms with Gasteiger partial charge in [0.05, 0.1) is 6.20 Å². The molecule has 5 nitrogen and oxygen atoms in total. The molecule has 8 heteroatoms. The smallest absolute Gasteiger partial charge is 0.387 e. The van der Waals surface area contributed by atoms with Crippen LogP contribution in [0.1, 0.15) is 11.1 Å². The second-order valence-corrected chi connectivity index (χ2v) is 6.38. The molecule has 1 amide bonds. The lowest BCUT2D eigenvalue weighted by molar-refractivity contribution is -0.116. The predicted octanol–water partition coefficient (Wildman–Crippen LogP) is 4.99. The largest absolute Gasteiger partial charge is 0.453 e. The van der Waals surface area contributed by atoms with Crippen molar-refractivity contribution in [2.24, 2.45) is 0 Å². The SMILES string of the molecule is O=C(/C=C/c1ccc(Oc2cccnc2)c(F)c1)NCCc1ccc(OC(F)F)cc1. The Balaban J connectivity index is 1.46. The number of pyridine rings is 1. The van der Waals surface area contributed by atoms with Crippen LogP contribution in [0.3, 0.4) is 0 Å². The normalized spacial score (nSPS) is 11.0. The number of carbonyl (C=O) groups is 1. The molecule has 0 spiro atoms. The van der Waals surface area contributed by atoms with E-state index >= 15 is 0 Å². The number of benzene rings is 2. The summed E-state index contributed by atoms with van der Waals surface area (Å²) in [5.41, 5.74) is 1.36. The van der Waals surface area contributed by atoms with Gasteiger partial charge in [-0.3, -0.25) is 9.78 Å². The molecule has 160 valence electrons. The average molecular weight is 428 g/mol. The van der Waals surface area contributed by atoms with Crippen LogP contribution >= 0.6 is 0 Å². The zero-order valence-corrected chi connectivity index (χ0v) is 16.3. The van der Waals surface area contributed by atoms with E-state index in [1.807, 2.05) is 0 Å². The lowest BCUT2D eigenvalue weighted by Gasteiger charge is -2.07. The van der Waals surface area contributed by atoms with E-state index in [1.54, 1.807) is 36.5 Å². The van der Waals surface area contributed by atoms with Gasteiger partial charge in [-0.2, -0.15) is 8.78 Å². The van der Waals surface area contributed by atoms with Gasteiger partial charge in [0.2, 0.25) is 5.91 Å².